The van der Waals surface area contributed by atoms with E-state index in [9.17, 15) is 22.8 Å². The van der Waals surface area contributed by atoms with Crippen molar-refractivity contribution < 1.29 is 22.7 Å². The summed E-state index contributed by atoms with van der Waals surface area (Å²) in [5.41, 5.74) is -1.26. The van der Waals surface area contributed by atoms with Crippen LogP contribution >= 0.6 is 0 Å². The van der Waals surface area contributed by atoms with Gasteiger partial charge in [-0.1, -0.05) is 42.5 Å². The molecule has 8 heteroatoms. The van der Waals surface area contributed by atoms with Gasteiger partial charge < -0.3 is 15.0 Å². The molecule has 156 valence electrons. The van der Waals surface area contributed by atoms with E-state index in [0.29, 0.717) is 5.75 Å². The van der Waals surface area contributed by atoms with Crippen LogP contribution in [0, 0.1) is 6.92 Å². The number of alkyl halides is 3. The lowest BCUT2D eigenvalue weighted by atomic mass is 9.97. The van der Waals surface area contributed by atoms with E-state index in [-0.39, 0.29) is 11.1 Å². The molecule has 2 aromatic carbocycles. The van der Waals surface area contributed by atoms with E-state index in [1.165, 1.54) is 14.0 Å². The summed E-state index contributed by atoms with van der Waals surface area (Å²) in [6, 6.07) is 16.1. The number of H-pyrrole nitrogens is 1. The summed E-state index contributed by atoms with van der Waals surface area (Å²) in [7, 11) is 1.53. The molecule has 0 aliphatic heterocycles. The van der Waals surface area contributed by atoms with Crippen LogP contribution in [0.5, 0.6) is 5.75 Å². The van der Waals surface area contributed by atoms with E-state index in [4.69, 9.17) is 4.74 Å². The second-order valence-corrected chi connectivity index (χ2v) is 6.66. The van der Waals surface area contributed by atoms with E-state index in [1.54, 1.807) is 53.5 Å². The third-order valence-electron chi connectivity index (χ3n) is 4.62. The van der Waals surface area contributed by atoms with Crippen molar-refractivity contribution in [3.63, 3.8) is 0 Å². The Labute approximate surface area is 170 Å². The highest BCUT2D eigenvalue weighted by Gasteiger charge is 2.33. The molecule has 1 heterocycles. The first kappa shape index (κ1) is 21.2. The minimum atomic E-state index is -4.71. The maximum absolute atomic E-state index is 12.9. The summed E-state index contributed by atoms with van der Waals surface area (Å²) in [4.78, 5) is 26.9. The largest absolute Gasteiger partial charge is 0.497 e. The van der Waals surface area contributed by atoms with Crippen molar-refractivity contribution >= 4 is 5.91 Å². The van der Waals surface area contributed by atoms with E-state index in [2.05, 4.69) is 5.32 Å². The standard InChI is InChI=1S/C22H19F3N2O3/c1-13-12-17(22(23,24)25)26-20(28)18(13)21(29)27-19(14-6-4-3-5-7-14)15-8-10-16(30-2)11-9-15/h3-12,19H,1-2H3,(H,26,28)(H,27,29). The number of aromatic nitrogens is 1. The first-order chi connectivity index (χ1) is 14.2. The predicted molar refractivity (Wildman–Crippen MR) is 106 cm³/mol. The molecule has 0 bridgehead atoms. The second-order valence-electron chi connectivity index (χ2n) is 6.66. The number of ether oxygens (including phenoxy) is 1. The van der Waals surface area contributed by atoms with Crippen LogP contribution in [0.1, 0.15) is 38.8 Å². The van der Waals surface area contributed by atoms with Crippen molar-refractivity contribution in [3.8, 4) is 5.75 Å². The van der Waals surface area contributed by atoms with Gasteiger partial charge in [0.25, 0.3) is 11.5 Å². The van der Waals surface area contributed by atoms with Gasteiger partial charge in [-0.2, -0.15) is 13.2 Å². The molecule has 0 saturated carbocycles. The van der Waals surface area contributed by atoms with Gasteiger partial charge in [-0.05, 0) is 41.8 Å². The van der Waals surface area contributed by atoms with Crippen LogP contribution in [-0.2, 0) is 6.18 Å². The molecular weight excluding hydrogens is 397 g/mol. The number of halogens is 3. The fraction of sp³-hybridized carbons (Fsp3) is 0.182. The van der Waals surface area contributed by atoms with Crippen LogP contribution in [0.15, 0.2) is 65.5 Å². The van der Waals surface area contributed by atoms with Crippen LogP contribution in [0.2, 0.25) is 0 Å². The van der Waals surface area contributed by atoms with Gasteiger partial charge in [0.1, 0.15) is 17.0 Å². The molecule has 1 atom stereocenters. The summed E-state index contributed by atoms with van der Waals surface area (Å²) in [6.07, 6.45) is -4.71. The molecule has 0 spiro atoms. The van der Waals surface area contributed by atoms with Crippen LogP contribution in [0.4, 0.5) is 13.2 Å². The minimum Gasteiger partial charge on any atom is -0.497 e. The van der Waals surface area contributed by atoms with Crippen molar-refractivity contribution in [2.45, 2.75) is 19.1 Å². The molecular formula is C22H19F3N2O3. The van der Waals surface area contributed by atoms with Gasteiger partial charge in [-0.3, -0.25) is 9.59 Å². The van der Waals surface area contributed by atoms with Crippen molar-refractivity contribution in [1.82, 2.24) is 10.3 Å². The van der Waals surface area contributed by atoms with Gasteiger partial charge in [0.15, 0.2) is 0 Å². The Morgan fingerprint density at radius 2 is 1.63 bits per heavy atom. The van der Waals surface area contributed by atoms with E-state index < -0.39 is 29.4 Å². The average Bonchev–Trinajstić information content (AvgIpc) is 2.71. The number of carbonyl (C=O) groups is 1. The second kappa shape index (κ2) is 8.44. The Hall–Kier alpha value is -3.55. The summed E-state index contributed by atoms with van der Waals surface area (Å²) in [5, 5.41) is 2.76. The fourth-order valence-electron chi connectivity index (χ4n) is 3.13. The Morgan fingerprint density at radius 1 is 1.03 bits per heavy atom. The summed E-state index contributed by atoms with van der Waals surface area (Å²) in [5.74, 6) is -0.140. The van der Waals surface area contributed by atoms with Crippen molar-refractivity contribution in [2.75, 3.05) is 7.11 Å². The van der Waals surface area contributed by atoms with Gasteiger partial charge in [0.2, 0.25) is 0 Å². The number of aryl methyl sites for hydroxylation is 1. The molecule has 5 nitrogen and oxygen atoms in total. The molecule has 2 N–H and O–H groups in total. The zero-order valence-electron chi connectivity index (χ0n) is 16.2. The van der Waals surface area contributed by atoms with Gasteiger partial charge >= 0.3 is 6.18 Å². The first-order valence-corrected chi connectivity index (χ1v) is 9.01. The average molecular weight is 416 g/mol. The van der Waals surface area contributed by atoms with Crippen molar-refractivity contribution in [3.05, 3.63) is 99.0 Å². The number of methoxy groups -OCH3 is 1. The van der Waals surface area contributed by atoms with Crippen molar-refractivity contribution in [2.24, 2.45) is 0 Å². The first-order valence-electron chi connectivity index (χ1n) is 9.01. The highest BCUT2D eigenvalue weighted by Crippen LogP contribution is 2.28. The topological polar surface area (TPSA) is 71.2 Å². The van der Waals surface area contributed by atoms with Crippen LogP contribution < -0.4 is 15.6 Å². The Kier molecular flexibility index (Phi) is 5.96. The number of hydrogen-bond donors (Lipinski definition) is 2. The Balaban J connectivity index is 1.99. The van der Waals surface area contributed by atoms with Crippen LogP contribution in [-0.4, -0.2) is 18.0 Å². The molecule has 1 amide bonds. The summed E-state index contributed by atoms with van der Waals surface area (Å²) >= 11 is 0. The number of pyridine rings is 1. The third-order valence-corrected chi connectivity index (χ3v) is 4.62. The van der Waals surface area contributed by atoms with E-state index in [0.717, 1.165) is 17.2 Å². The number of carbonyl (C=O) groups excluding carboxylic acids is 1. The normalized spacial score (nSPS) is 12.3. The number of amides is 1. The van der Waals surface area contributed by atoms with E-state index in [1.807, 2.05) is 6.07 Å². The van der Waals surface area contributed by atoms with Crippen molar-refractivity contribution in [1.29, 1.82) is 0 Å². The zero-order valence-corrected chi connectivity index (χ0v) is 16.2. The maximum Gasteiger partial charge on any atom is 0.431 e. The van der Waals surface area contributed by atoms with Gasteiger partial charge in [-0.15, -0.1) is 0 Å². The minimum absolute atomic E-state index is 0.0647. The molecule has 3 rings (SSSR count). The number of nitrogens with one attached hydrogen (secondary N) is 2. The molecule has 0 aliphatic carbocycles. The maximum atomic E-state index is 12.9. The van der Waals surface area contributed by atoms with Crippen LogP contribution in [0.3, 0.4) is 0 Å². The van der Waals surface area contributed by atoms with Gasteiger partial charge in [-0.25, -0.2) is 0 Å². The molecule has 3 aromatic rings. The summed E-state index contributed by atoms with van der Waals surface area (Å²) < 4.78 is 43.9. The lowest BCUT2D eigenvalue weighted by Crippen LogP contribution is -2.35. The Morgan fingerprint density at radius 3 is 2.17 bits per heavy atom. The molecule has 0 fully saturated rings. The number of rotatable bonds is 5. The quantitative estimate of drug-likeness (QED) is 0.654. The highest BCUT2D eigenvalue weighted by molar-refractivity contribution is 5.95. The highest BCUT2D eigenvalue weighted by atomic mass is 19.4. The third kappa shape index (κ3) is 4.53. The molecule has 0 saturated heterocycles. The number of aromatic amines is 1. The van der Waals surface area contributed by atoms with Gasteiger partial charge in [0.05, 0.1) is 13.2 Å². The number of hydrogen-bond acceptors (Lipinski definition) is 3. The predicted octanol–water partition coefficient (Wildman–Crippen LogP) is 4.23. The monoisotopic (exact) mass is 416 g/mol. The smallest absolute Gasteiger partial charge is 0.431 e. The molecule has 30 heavy (non-hydrogen) atoms. The lowest BCUT2D eigenvalue weighted by Gasteiger charge is -2.21. The molecule has 0 aliphatic rings. The molecule has 0 radical (unpaired) electrons. The van der Waals surface area contributed by atoms with Gasteiger partial charge in [0, 0.05) is 0 Å². The van der Waals surface area contributed by atoms with Crippen LogP contribution in [0.25, 0.3) is 0 Å². The summed E-state index contributed by atoms with van der Waals surface area (Å²) in [6.45, 7) is 1.30. The Bertz CT molecular complexity index is 1090. The number of benzene rings is 2. The SMILES string of the molecule is COc1ccc(C(NC(=O)c2c(C)cc(C(F)(F)F)[nH]c2=O)c2ccccc2)cc1. The lowest BCUT2D eigenvalue weighted by molar-refractivity contribution is -0.141. The van der Waals surface area contributed by atoms with E-state index >= 15 is 0 Å². The molecule has 1 aromatic heterocycles. The molecule has 1 unspecified atom stereocenters. The zero-order chi connectivity index (χ0) is 21.9. The fourth-order valence-corrected chi connectivity index (χ4v) is 3.13.